The van der Waals surface area contributed by atoms with E-state index in [0.29, 0.717) is 18.6 Å². The van der Waals surface area contributed by atoms with Crippen molar-refractivity contribution in [3.05, 3.63) is 24.5 Å². The molecule has 0 heterocycles. The van der Waals surface area contributed by atoms with Gasteiger partial charge in [-0.3, -0.25) is 0 Å². The third-order valence-electron chi connectivity index (χ3n) is 1.68. The van der Waals surface area contributed by atoms with Gasteiger partial charge in [-0.05, 0) is 20.3 Å². The third-order valence-corrected chi connectivity index (χ3v) is 1.68. The standard InChI is InChI=1S/C11H18O3/c1-5-9(4)14-8-10(6-2)11(12)13-7-3/h5,8-9H,1,6-7H2,2-4H3/t9-/m1/s1. The zero-order chi connectivity index (χ0) is 11.0. The maximum absolute atomic E-state index is 11.3. The summed E-state index contributed by atoms with van der Waals surface area (Å²) < 4.78 is 10.1. The van der Waals surface area contributed by atoms with E-state index in [1.54, 1.807) is 13.0 Å². The van der Waals surface area contributed by atoms with Gasteiger partial charge in [0.2, 0.25) is 0 Å². The second-order valence-corrected chi connectivity index (χ2v) is 2.79. The number of hydrogen-bond acceptors (Lipinski definition) is 3. The molecule has 3 heteroatoms. The number of ether oxygens (including phenoxy) is 2. The van der Waals surface area contributed by atoms with Crippen molar-refractivity contribution in [2.24, 2.45) is 0 Å². The van der Waals surface area contributed by atoms with Gasteiger partial charge in [0, 0.05) is 0 Å². The Morgan fingerprint density at radius 2 is 2.14 bits per heavy atom. The number of carbonyl (C=O) groups excluding carboxylic acids is 1. The quantitative estimate of drug-likeness (QED) is 0.284. The van der Waals surface area contributed by atoms with Crippen molar-refractivity contribution in [1.29, 1.82) is 0 Å². The molecule has 0 aromatic rings. The van der Waals surface area contributed by atoms with Crippen LogP contribution in [0, 0.1) is 0 Å². The van der Waals surface area contributed by atoms with E-state index in [4.69, 9.17) is 9.47 Å². The maximum Gasteiger partial charge on any atom is 0.337 e. The van der Waals surface area contributed by atoms with Gasteiger partial charge in [-0.15, -0.1) is 0 Å². The molecule has 0 aromatic heterocycles. The van der Waals surface area contributed by atoms with Gasteiger partial charge >= 0.3 is 5.97 Å². The van der Waals surface area contributed by atoms with Gasteiger partial charge in [0.05, 0.1) is 18.4 Å². The molecule has 0 N–H and O–H groups in total. The Kier molecular flexibility index (Phi) is 6.54. The predicted molar refractivity (Wildman–Crippen MR) is 55.8 cm³/mol. The van der Waals surface area contributed by atoms with Gasteiger partial charge < -0.3 is 9.47 Å². The first-order valence-corrected chi connectivity index (χ1v) is 4.79. The van der Waals surface area contributed by atoms with Crippen LogP contribution in [0.1, 0.15) is 27.2 Å². The Morgan fingerprint density at radius 3 is 2.57 bits per heavy atom. The average molecular weight is 198 g/mol. The van der Waals surface area contributed by atoms with Gasteiger partial charge in [0.1, 0.15) is 6.10 Å². The van der Waals surface area contributed by atoms with Crippen LogP contribution in [0.5, 0.6) is 0 Å². The van der Waals surface area contributed by atoms with Crippen LogP contribution >= 0.6 is 0 Å². The summed E-state index contributed by atoms with van der Waals surface area (Å²) >= 11 is 0. The highest BCUT2D eigenvalue weighted by molar-refractivity contribution is 5.87. The Balaban J connectivity index is 4.24. The summed E-state index contributed by atoms with van der Waals surface area (Å²) in [4.78, 5) is 11.3. The van der Waals surface area contributed by atoms with Gasteiger partial charge in [-0.1, -0.05) is 19.6 Å². The predicted octanol–water partition coefficient (Wildman–Crippen LogP) is 2.43. The van der Waals surface area contributed by atoms with Crippen molar-refractivity contribution in [3.63, 3.8) is 0 Å². The van der Waals surface area contributed by atoms with Crippen LogP contribution in [-0.2, 0) is 14.3 Å². The van der Waals surface area contributed by atoms with Crippen LogP contribution in [0.2, 0.25) is 0 Å². The topological polar surface area (TPSA) is 35.5 Å². The number of hydrogen-bond donors (Lipinski definition) is 0. The SMILES string of the molecule is C=C[C@@H](C)OC=C(CC)C(=O)OCC. The highest BCUT2D eigenvalue weighted by Crippen LogP contribution is 2.05. The summed E-state index contributed by atoms with van der Waals surface area (Å²) in [5.74, 6) is -0.314. The first-order chi connectivity index (χ1) is 6.65. The van der Waals surface area contributed by atoms with E-state index in [2.05, 4.69) is 6.58 Å². The van der Waals surface area contributed by atoms with E-state index in [1.165, 1.54) is 6.26 Å². The Bertz CT molecular complexity index is 219. The molecule has 1 atom stereocenters. The third kappa shape index (κ3) is 4.70. The second-order valence-electron chi connectivity index (χ2n) is 2.79. The van der Waals surface area contributed by atoms with Crippen molar-refractivity contribution in [2.75, 3.05) is 6.61 Å². The van der Waals surface area contributed by atoms with Crippen LogP contribution in [0.3, 0.4) is 0 Å². The first-order valence-electron chi connectivity index (χ1n) is 4.79. The number of rotatable bonds is 6. The van der Waals surface area contributed by atoms with E-state index < -0.39 is 0 Å². The summed E-state index contributed by atoms with van der Waals surface area (Å²) in [6.07, 6.45) is 3.62. The second kappa shape index (κ2) is 7.18. The van der Waals surface area contributed by atoms with Crippen LogP contribution in [0.15, 0.2) is 24.5 Å². The van der Waals surface area contributed by atoms with Crippen LogP contribution in [0.4, 0.5) is 0 Å². The molecule has 0 radical (unpaired) electrons. The highest BCUT2D eigenvalue weighted by Gasteiger charge is 2.08. The molecule has 14 heavy (non-hydrogen) atoms. The number of esters is 1. The average Bonchev–Trinajstić information content (AvgIpc) is 2.18. The molecule has 0 aliphatic heterocycles. The monoisotopic (exact) mass is 198 g/mol. The molecular weight excluding hydrogens is 180 g/mol. The molecule has 0 bridgehead atoms. The zero-order valence-electron chi connectivity index (χ0n) is 9.08. The van der Waals surface area contributed by atoms with Crippen molar-refractivity contribution in [2.45, 2.75) is 33.3 Å². The summed E-state index contributed by atoms with van der Waals surface area (Å²) in [6, 6.07) is 0. The van der Waals surface area contributed by atoms with E-state index in [0.717, 1.165) is 0 Å². The van der Waals surface area contributed by atoms with Crippen LogP contribution in [0.25, 0.3) is 0 Å². The summed E-state index contributed by atoms with van der Waals surface area (Å²) in [5, 5.41) is 0. The lowest BCUT2D eigenvalue weighted by Crippen LogP contribution is -2.09. The van der Waals surface area contributed by atoms with Gasteiger partial charge in [-0.2, -0.15) is 0 Å². The molecule has 0 amide bonds. The minimum absolute atomic E-state index is 0.0917. The van der Waals surface area contributed by atoms with Crippen LogP contribution < -0.4 is 0 Å². The van der Waals surface area contributed by atoms with Gasteiger partial charge in [-0.25, -0.2) is 4.79 Å². The minimum Gasteiger partial charge on any atom is -0.494 e. The largest absolute Gasteiger partial charge is 0.494 e. The first kappa shape index (κ1) is 12.8. The molecule has 80 valence electrons. The molecule has 3 nitrogen and oxygen atoms in total. The summed E-state index contributed by atoms with van der Waals surface area (Å²) in [6.45, 7) is 9.46. The molecule has 0 fully saturated rings. The fourth-order valence-electron chi connectivity index (χ4n) is 0.745. The molecule has 0 aliphatic carbocycles. The summed E-state index contributed by atoms with van der Waals surface area (Å²) in [7, 11) is 0. The fourth-order valence-corrected chi connectivity index (χ4v) is 0.745. The van der Waals surface area contributed by atoms with Gasteiger partial charge in [0.25, 0.3) is 0 Å². The molecule has 0 unspecified atom stereocenters. The fraction of sp³-hybridized carbons (Fsp3) is 0.545. The Labute approximate surface area is 85.4 Å². The molecule has 0 spiro atoms. The highest BCUT2D eigenvalue weighted by atomic mass is 16.5. The summed E-state index contributed by atoms with van der Waals surface area (Å²) in [5.41, 5.74) is 0.542. The van der Waals surface area contributed by atoms with E-state index in [-0.39, 0.29) is 12.1 Å². The van der Waals surface area contributed by atoms with E-state index >= 15 is 0 Å². The zero-order valence-corrected chi connectivity index (χ0v) is 9.08. The van der Waals surface area contributed by atoms with E-state index in [1.807, 2.05) is 13.8 Å². The Morgan fingerprint density at radius 1 is 1.50 bits per heavy atom. The van der Waals surface area contributed by atoms with Crippen molar-refractivity contribution >= 4 is 5.97 Å². The lowest BCUT2D eigenvalue weighted by atomic mass is 10.2. The molecule has 0 rings (SSSR count). The smallest absolute Gasteiger partial charge is 0.337 e. The normalized spacial score (nSPS) is 13.2. The molecule has 0 saturated carbocycles. The van der Waals surface area contributed by atoms with Crippen molar-refractivity contribution < 1.29 is 14.3 Å². The lowest BCUT2D eigenvalue weighted by Gasteiger charge is -2.08. The molecular formula is C11H18O3. The Hall–Kier alpha value is -1.25. The molecule has 0 aromatic carbocycles. The van der Waals surface area contributed by atoms with E-state index in [9.17, 15) is 4.79 Å². The molecule has 0 saturated heterocycles. The number of carbonyl (C=O) groups is 1. The van der Waals surface area contributed by atoms with Crippen LogP contribution in [-0.4, -0.2) is 18.7 Å². The maximum atomic E-state index is 11.3. The molecule has 0 aliphatic rings. The van der Waals surface area contributed by atoms with Crippen molar-refractivity contribution in [3.8, 4) is 0 Å². The van der Waals surface area contributed by atoms with Gasteiger partial charge in [0.15, 0.2) is 0 Å². The lowest BCUT2D eigenvalue weighted by molar-refractivity contribution is -0.138. The minimum atomic E-state index is -0.314. The van der Waals surface area contributed by atoms with Crippen molar-refractivity contribution in [1.82, 2.24) is 0 Å².